The highest BCUT2D eigenvalue weighted by atomic mass is 35.5. The lowest BCUT2D eigenvalue weighted by Gasteiger charge is -2.34. The van der Waals surface area contributed by atoms with Crippen LogP contribution in [0, 0.1) is 0 Å². The summed E-state index contributed by atoms with van der Waals surface area (Å²) in [7, 11) is 0. The average Bonchev–Trinajstić information content (AvgIpc) is 3.19. The van der Waals surface area contributed by atoms with Crippen molar-refractivity contribution in [2.24, 2.45) is 0 Å². The van der Waals surface area contributed by atoms with Crippen molar-refractivity contribution in [3.05, 3.63) is 47.5 Å². The SMILES string of the molecule is CCOc1cccc2sc(N3CCN(C(=O)COc4ccc(Cl)cc4)CC3)nc12. The van der Waals surface area contributed by atoms with E-state index in [9.17, 15) is 4.79 Å². The van der Waals surface area contributed by atoms with Crippen molar-refractivity contribution < 1.29 is 14.3 Å². The summed E-state index contributed by atoms with van der Waals surface area (Å²) in [6.07, 6.45) is 0. The number of anilines is 1. The zero-order valence-corrected chi connectivity index (χ0v) is 17.7. The maximum Gasteiger partial charge on any atom is 0.260 e. The van der Waals surface area contributed by atoms with Crippen LogP contribution in [0.1, 0.15) is 6.92 Å². The van der Waals surface area contributed by atoms with Gasteiger partial charge < -0.3 is 19.3 Å². The first-order valence-corrected chi connectivity index (χ1v) is 10.8. The van der Waals surface area contributed by atoms with Gasteiger partial charge >= 0.3 is 0 Å². The number of benzene rings is 2. The van der Waals surface area contributed by atoms with E-state index >= 15 is 0 Å². The first-order chi connectivity index (χ1) is 14.1. The molecule has 1 aliphatic heterocycles. The molecule has 0 bridgehead atoms. The molecule has 2 heterocycles. The lowest BCUT2D eigenvalue weighted by molar-refractivity contribution is -0.133. The Morgan fingerprint density at radius 3 is 2.59 bits per heavy atom. The fraction of sp³-hybridized carbons (Fsp3) is 0.333. The Kier molecular flexibility index (Phi) is 6.06. The molecule has 0 atom stereocenters. The molecule has 0 aliphatic carbocycles. The minimum atomic E-state index is -0.0115. The Morgan fingerprint density at radius 1 is 1.10 bits per heavy atom. The third-order valence-corrected chi connectivity index (χ3v) is 6.08. The lowest BCUT2D eigenvalue weighted by Crippen LogP contribution is -2.50. The summed E-state index contributed by atoms with van der Waals surface area (Å²) in [4.78, 5) is 21.3. The highest BCUT2D eigenvalue weighted by Gasteiger charge is 2.24. The Balaban J connectivity index is 1.34. The minimum absolute atomic E-state index is 0.0115. The Morgan fingerprint density at radius 2 is 1.86 bits per heavy atom. The molecule has 0 N–H and O–H groups in total. The second-order valence-corrected chi connectivity index (χ2v) is 8.09. The zero-order chi connectivity index (χ0) is 20.2. The molecule has 0 radical (unpaired) electrons. The molecule has 0 spiro atoms. The van der Waals surface area contributed by atoms with Crippen molar-refractivity contribution in [1.29, 1.82) is 0 Å². The van der Waals surface area contributed by atoms with Gasteiger partial charge in [0, 0.05) is 31.2 Å². The number of hydrogen-bond donors (Lipinski definition) is 0. The molecule has 1 aromatic heterocycles. The number of amides is 1. The summed E-state index contributed by atoms with van der Waals surface area (Å²) in [6.45, 7) is 5.41. The molecule has 4 rings (SSSR count). The van der Waals surface area contributed by atoms with Crippen molar-refractivity contribution in [1.82, 2.24) is 9.88 Å². The summed E-state index contributed by atoms with van der Waals surface area (Å²) >= 11 is 7.52. The van der Waals surface area contributed by atoms with Crippen molar-refractivity contribution in [2.45, 2.75) is 6.92 Å². The molecular weight excluding hydrogens is 410 g/mol. The number of carbonyl (C=O) groups is 1. The van der Waals surface area contributed by atoms with Crippen LogP contribution in [0.5, 0.6) is 11.5 Å². The highest BCUT2D eigenvalue weighted by Crippen LogP contribution is 2.34. The van der Waals surface area contributed by atoms with Gasteiger partial charge in [0.25, 0.3) is 5.91 Å². The van der Waals surface area contributed by atoms with Crippen LogP contribution in [-0.2, 0) is 4.79 Å². The number of nitrogens with zero attached hydrogens (tertiary/aromatic N) is 3. The van der Waals surface area contributed by atoms with E-state index in [1.807, 2.05) is 24.0 Å². The topological polar surface area (TPSA) is 54.9 Å². The van der Waals surface area contributed by atoms with Crippen LogP contribution in [0.15, 0.2) is 42.5 Å². The number of thiazole rings is 1. The van der Waals surface area contributed by atoms with Crippen molar-refractivity contribution in [3.63, 3.8) is 0 Å². The van der Waals surface area contributed by atoms with Crippen molar-refractivity contribution in [3.8, 4) is 11.5 Å². The number of fused-ring (bicyclic) bond motifs is 1. The van der Waals surface area contributed by atoms with Gasteiger partial charge in [0.2, 0.25) is 0 Å². The van der Waals surface area contributed by atoms with Crippen LogP contribution in [-0.4, -0.2) is 55.2 Å². The summed E-state index contributed by atoms with van der Waals surface area (Å²) in [5.74, 6) is 1.45. The molecular formula is C21H22ClN3O3S. The second kappa shape index (κ2) is 8.88. The number of halogens is 1. The normalized spacial score (nSPS) is 14.3. The molecule has 1 saturated heterocycles. The van der Waals surface area contributed by atoms with E-state index in [-0.39, 0.29) is 12.5 Å². The minimum Gasteiger partial charge on any atom is -0.492 e. The van der Waals surface area contributed by atoms with Crippen LogP contribution in [0.4, 0.5) is 5.13 Å². The maximum atomic E-state index is 12.5. The molecule has 0 saturated carbocycles. The van der Waals surface area contributed by atoms with Gasteiger partial charge in [0.1, 0.15) is 17.0 Å². The van der Waals surface area contributed by atoms with E-state index in [0.29, 0.717) is 30.5 Å². The molecule has 0 unspecified atom stereocenters. The number of hydrogen-bond acceptors (Lipinski definition) is 6. The zero-order valence-electron chi connectivity index (χ0n) is 16.1. The molecule has 8 heteroatoms. The van der Waals surface area contributed by atoms with Gasteiger partial charge in [-0.1, -0.05) is 29.0 Å². The third-order valence-electron chi connectivity index (χ3n) is 4.75. The van der Waals surface area contributed by atoms with E-state index in [1.54, 1.807) is 35.6 Å². The van der Waals surface area contributed by atoms with Crippen LogP contribution in [0.2, 0.25) is 5.02 Å². The summed E-state index contributed by atoms with van der Waals surface area (Å²) in [6, 6.07) is 13.0. The fourth-order valence-electron chi connectivity index (χ4n) is 3.23. The van der Waals surface area contributed by atoms with Gasteiger partial charge in [0.05, 0.1) is 11.3 Å². The molecule has 1 aliphatic rings. The van der Waals surface area contributed by atoms with Crippen molar-refractivity contribution in [2.75, 3.05) is 44.3 Å². The Hall–Kier alpha value is -2.51. The largest absolute Gasteiger partial charge is 0.492 e. The van der Waals surface area contributed by atoms with Gasteiger partial charge in [-0.15, -0.1) is 0 Å². The Labute approximate surface area is 178 Å². The predicted octanol–water partition coefficient (Wildman–Crippen LogP) is 4.08. The molecule has 1 fully saturated rings. The first-order valence-electron chi connectivity index (χ1n) is 9.57. The van der Waals surface area contributed by atoms with E-state index in [1.165, 1.54) is 0 Å². The number of para-hydroxylation sites is 1. The molecule has 6 nitrogen and oxygen atoms in total. The second-order valence-electron chi connectivity index (χ2n) is 6.64. The average molecular weight is 432 g/mol. The van der Waals surface area contributed by atoms with Crippen LogP contribution >= 0.6 is 22.9 Å². The van der Waals surface area contributed by atoms with E-state index in [4.69, 9.17) is 26.1 Å². The predicted molar refractivity (Wildman–Crippen MR) is 117 cm³/mol. The standard InChI is InChI=1S/C21H22ClN3O3S/c1-2-27-17-4-3-5-18-20(17)23-21(29-18)25-12-10-24(11-13-25)19(26)14-28-16-8-6-15(22)7-9-16/h3-9H,2,10-14H2,1H3. The fourth-order valence-corrected chi connectivity index (χ4v) is 4.39. The van der Waals surface area contributed by atoms with Crippen LogP contribution < -0.4 is 14.4 Å². The maximum absolute atomic E-state index is 12.5. The number of rotatable bonds is 6. The van der Waals surface area contributed by atoms with Crippen LogP contribution in [0.25, 0.3) is 10.2 Å². The highest BCUT2D eigenvalue weighted by molar-refractivity contribution is 7.22. The van der Waals surface area contributed by atoms with E-state index in [2.05, 4.69) is 11.0 Å². The summed E-state index contributed by atoms with van der Waals surface area (Å²) < 4.78 is 12.4. The smallest absolute Gasteiger partial charge is 0.260 e. The molecule has 29 heavy (non-hydrogen) atoms. The number of ether oxygens (including phenoxy) is 2. The quantitative estimate of drug-likeness (QED) is 0.588. The number of piperazine rings is 1. The molecule has 3 aromatic rings. The van der Waals surface area contributed by atoms with Crippen LogP contribution in [0.3, 0.4) is 0 Å². The van der Waals surface area contributed by atoms with Gasteiger partial charge in [-0.05, 0) is 43.3 Å². The number of aromatic nitrogens is 1. The molecule has 152 valence electrons. The first kappa shape index (κ1) is 19.8. The Bertz CT molecular complexity index is 985. The molecule has 2 aromatic carbocycles. The monoisotopic (exact) mass is 431 g/mol. The van der Waals surface area contributed by atoms with Gasteiger partial charge in [0.15, 0.2) is 11.7 Å². The van der Waals surface area contributed by atoms with Gasteiger partial charge in [-0.25, -0.2) is 4.98 Å². The van der Waals surface area contributed by atoms with E-state index in [0.717, 1.165) is 34.2 Å². The summed E-state index contributed by atoms with van der Waals surface area (Å²) in [5.41, 5.74) is 0.907. The summed E-state index contributed by atoms with van der Waals surface area (Å²) in [5, 5.41) is 1.61. The van der Waals surface area contributed by atoms with E-state index < -0.39 is 0 Å². The molecule has 1 amide bonds. The van der Waals surface area contributed by atoms with Gasteiger partial charge in [-0.2, -0.15) is 0 Å². The third kappa shape index (κ3) is 4.57. The van der Waals surface area contributed by atoms with Gasteiger partial charge in [-0.3, -0.25) is 4.79 Å². The lowest BCUT2D eigenvalue weighted by atomic mass is 10.3. The van der Waals surface area contributed by atoms with Crippen molar-refractivity contribution >= 4 is 44.2 Å². The number of carbonyl (C=O) groups excluding carboxylic acids is 1.